The van der Waals surface area contributed by atoms with Gasteiger partial charge in [0.15, 0.2) is 5.96 Å². The Morgan fingerprint density at radius 2 is 1.97 bits per heavy atom. The molecule has 1 aliphatic rings. The van der Waals surface area contributed by atoms with Gasteiger partial charge in [-0.2, -0.15) is 0 Å². The number of aromatic nitrogens is 1. The van der Waals surface area contributed by atoms with Gasteiger partial charge in [-0.25, -0.2) is 0 Å². The SMILES string of the molecule is CCNC(=NCC(c1ccc(OC)cc1)N1CCOCC1)N(C)Cc1cccn1C. The summed E-state index contributed by atoms with van der Waals surface area (Å²) in [5.41, 5.74) is 2.50. The minimum atomic E-state index is 0.205. The van der Waals surface area contributed by atoms with E-state index in [-0.39, 0.29) is 6.04 Å². The van der Waals surface area contributed by atoms with Crippen molar-refractivity contribution in [2.45, 2.75) is 19.5 Å². The lowest BCUT2D eigenvalue weighted by Gasteiger charge is -2.34. The average Bonchev–Trinajstić information content (AvgIpc) is 3.18. The molecule has 0 spiro atoms. The number of benzene rings is 1. The van der Waals surface area contributed by atoms with Crippen LogP contribution in [0.2, 0.25) is 0 Å². The smallest absolute Gasteiger partial charge is 0.194 e. The van der Waals surface area contributed by atoms with Crippen molar-refractivity contribution in [1.82, 2.24) is 19.7 Å². The number of morpholine rings is 1. The van der Waals surface area contributed by atoms with Crippen LogP contribution in [0.4, 0.5) is 0 Å². The van der Waals surface area contributed by atoms with E-state index in [2.05, 4.69) is 71.2 Å². The van der Waals surface area contributed by atoms with Crippen molar-refractivity contribution in [3.63, 3.8) is 0 Å². The summed E-state index contributed by atoms with van der Waals surface area (Å²) in [5, 5.41) is 3.45. The van der Waals surface area contributed by atoms with Crippen LogP contribution in [0, 0.1) is 0 Å². The fraction of sp³-hybridized carbons (Fsp3) is 0.522. The van der Waals surface area contributed by atoms with Crippen LogP contribution >= 0.6 is 0 Å². The van der Waals surface area contributed by atoms with E-state index >= 15 is 0 Å². The molecule has 0 amide bonds. The zero-order valence-corrected chi connectivity index (χ0v) is 18.7. The molecule has 3 rings (SSSR count). The van der Waals surface area contributed by atoms with E-state index in [1.807, 2.05) is 12.1 Å². The standard InChI is InChI=1S/C23H35N5O2/c1-5-24-23(27(3)18-20-7-6-12-26(20)2)25-17-22(28-13-15-30-16-14-28)19-8-10-21(29-4)11-9-19/h6-12,22H,5,13-18H2,1-4H3,(H,24,25). The molecule has 7 heteroatoms. The van der Waals surface area contributed by atoms with Gasteiger partial charge >= 0.3 is 0 Å². The molecule has 0 radical (unpaired) electrons. The van der Waals surface area contributed by atoms with Crippen LogP contribution in [0.25, 0.3) is 0 Å². The number of guanidine groups is 1. The van der Waals surface area contributed by atoms with Crippen LogP contribution in [-0.4, -0.2) is 73.9 Å². The first-order chi connectivity index (χ1) is 14.6. The van der Waals surface area contributed by atoms with Gasteiger partial charge < -0.3 is 24.3 Å². The first-order valence-electron chi connectivity index (χ1n) is 10.7. The van der Waals surface area contributed by atoms with Gasteiger partial charge in [0.2, 0.25) is 0 Å². The maximum atomic E-state index is 5.57. The van der Waals surface area contributed by atoms with Gasteiger partial charge in [-0.3, -0.25) is 9.89 Å². The first-order valence-corrected chi connectivity index (χ1v) is 10.7. The Bertz CT molecular complexity index is 796. The third kappa shape index (κ3) is 5.77. The van der Waals surface area contributed by atoms with E-state index in [1.54, 1.807) is 7.11 Å². The van der Waals surface area contributed by atoms with Crippen LogP contribution in [-0.2, 0) is 18.3 Å². The zero-order valence-electron chi connectivity index (χ0n) is 18.7. The highest BCUT2D eigenvalue weighted by atomic mass is 16.5. The molecule has 0 saturated carbocycles. The molecule has 0 aliphatic carbocycles. The number of methoxy groups -OCH3 is 1. The molecule has 1 aromatic carbocycles. The molecule has 30 heavy (non-hydrogen) atoms. The number of nitrogens with zero attached hydrogens (tertiary/aromatic N) is 4. The summed E-state index contributed by atoms with van der Waals surface area (Å²) in [7, 11) is 5.86. The Kier molecular flexibility index (Phi) is 8.16. The predicted molar refractivity (Wildman–Crippen MR) is 121 cm³/mol. The number of hydrogen-bond acceptors (Lipinski definition) is 4. The van der Waals surface area contributed by atoms with Gasteiger partial charge in [0.25, 0.3) is 0 Å². The Labute approximate surface area is 180 Å². The summed E-state index contributed by atoms with van der Waals surface area (Å²) in [4.78, 5) is 9.68. The van der Waals surface area contributed by atoms with Gasteiger partial charge in [0.1, 0.15) is 5.75 Å². The Morgan fingerprint density at radius 3 is 2.57 bits per heavy atom. The maximum absolute atomic E-state index is 5.57. The van der Waals surface area contributed by atoms with Crippen molar-refractivity contribution in [3.05, 3.63) is 53.9 Å². The second kappa shape index (κ2) is 11.0. The number of rotatable bonds is 8. The van der Waals surface area contributed by atoms with E-state index in [4.69, 9.17) is 14.5 Å². The summed E-state index contributed by atoms with van der Waals surface area (Å²) in [5.74, 6) is 1.80. The van der Waals surface area contributed by atoms with Crippen LogP contribution in [0.15, 0.2) is 47.6 Å². The lowest BCUT2D eigenvalue weighted by atomic mass is 10.0. The minimum absolute atomic E-state index is 0.205. The Morgan fingerprint density at radius 1 is 1.23 bits per heavy atom. The monoisotopic (exact) mass is 413 g/mol. The van der Waals surface area contributed by atoms with Gasteiger partial charge in [-0.05, 0) is 36.8 Å². The Hall–Kier alpha value is -2.51. The number of nitrogens with one attached hydrogen (secondary N) is 1. The molecule has 0 bridgehead atoms. The van der Waals surface area contributed by atoms with E-state index < -0.39 is 0 Å². The highest BCUT2D eigenvalue weighted by molar-refractivity contribution is 5.79. The number of aliphatic imine (C=N–C) groups is 1. The normalized spacial score (nSPS) is 16.3. The largest absolute Gasteiger partial charge is 0.497 e. The van der Waals surface area contributed by atoms with Crippen LogP contribution < -0.4 is 10.1 Å². The summed E-state index contributed by atoms with van der Waals surface area (Å²) in [6.07, 6.45) is 2.07. The second-order valence-electron chi connectivity index (χ2n) is 7.60. The van der Waals surface area contributed by atoms with Crippen molar-refractivity contribution in [3.8, 4) is 5.75 Å². The lowest BCUT2D eigenvalue weighted by Crippen LogP contribution is -2.42. The molecule has 1 aromatic heterocycles. The summed E-state index contributed by atoms with van der Waals surface area (Å²) < 4.78 is 13.1. The van der Waals surface area contributed by atoms with E-state index in [0.717, 1.165) is 51.1 Å². The van der Waals surface area contributed by atoms with Gasteiger partial charge in [-0.15, -0.1) is 0 Å². The molecule has 1 atom stereocenters. The van der Waals surface area contributed by atoms with Gasteiger partial charge in [0.05, 0.1) is 39.5 Å². The minimum Gasteiger partial charge on any atom is -0.497 e. The molecule has 2 heterocycles. The van der Waals surface area contributed by atoms with Gasteiger partial charge in [0, 0.05) is 45.6 Å². The van der Waals surface area contributed by atoms with Crippen molar-refractivity contribution < 1.29 is 9.47 Å². The topological polar surface area (TPSA) is 54.3 Å². The molecule has 1 N–H and O–H groups in total. The fourth-order valence-electron chi connectivity index (χ4n) is 3.77. The number of hydrogen-bond donors (Lipinski definition) is 1. The number of ether oxygens (including phenoxy) is 2. The lowest BCUT2D eigenvalue weighted by molar-refractivity contribution is 0.0179. The van der Waals surface area contributed by atoms with E-state index in [9.17, 15) is 0 Å². The van der Waals surface area contributed by atoms with Crippen LogP contribution in [0.5, 0.6) is 5.75 Å². The fourth-order valence-corrected chi connectivity index (χ4v) is 3.77. The molecular weight excluding hydrogens is 378 g/mol. The maximum Gasteiger partial charge on any atom is 0.194 e. The van der Waals surface area contributed by atoms with Crippen molar-refractivity contribution in [1.29, 1.82) is 0 Å². The van der Waals surface area contributed by atoms with Gasteiger partial charge in [-0.1, -0.05) is 12.1 Å². The van der Waals surface area contributed by atoms with Crippen molar-refractivity contribution >= 4 is 5.96 Å². The Balaban J connectivity index is 1.78. The molecule has 1 aliphatic heterocycles. The molecule has 164 valence electrons. The zero-order chi connectivity index (χ0) is 21.3. The highest BCUT2D eigenvalue weighted by Crippen LogP contribution is 2.24. The summed E-state index contributed by atoms with van der Waals surface area (Å²) in [6.45, 7) is 7.81. The molecular formula is C23H35N5O2. The van der Waals surface area contributed by atoms with Crippen molar-refractivity contribution in [2.75, 3.05) is 53.6 Å². The summed E-state index contributed by atoms with van der Waals surface area (Å²) >= 11 is 0. The first kappa shape index (κ1) is 22.2. The van der Waals surface area contributed by atoms with Crippen LogP contribution in [0.3, 0.4) is 0 Å². The van der Waals surface area contributed by atoms with Crippen LogP contribution in [0.1, 0.15) is 24.2 Å². The summed E-state index contributed by atoms with van der Waals surface area (Å²) in [6, 6.07) is 12.8. The van der Waals surface area contributed by atoms with E-state index in [1.165, 1.54) is 11.3 Å². The molecule has 1 saturated heterocycles. The van der Waals surface area contributed by atoms with E-state index in [0.29, 0.717) is 6.54 Å². The second-order valence-corrected chi connectivity index (χ2v) is 7.60. The third-order valence-corrected chi connectivity index (χ3v) is 5.55. The third-order valence-electron chi connectivity index (χ3n) is 5.55. The van der Waals surface area contributed by atoms with Crippen molar-refractivity contribution in [2.24, 2.45) is 12.0 Å². The predicted octanol–water partition coefficient (Wildman–Crippen LogP) is 2.50. The number of aryl methyl sites for hydroxylation is 1. The quantitative estimate of drug-likeness (QED) is 0.532. The highest BCUT2D eigenvalue weighted by Gasteiger charge is 2.23. The average molecular weight is 414 g/mol. The molecule has 1 fully saturated rings. The molecule has 2 aromatic rings. The molecule has 7 nitrogen and oxygen atoms in total. The molecule has 1 unspecified atom stereocenters.